The number of allylic oxidation sites excluding steroid dienone is 5. The third kappa shape index (κ3) is 2.25. The molecular weight excluding hydrogens is 312 g/mol. The van der Waals surface area contributed by atoms with Gasteiger partial charge in [0.05, 0.1) is 0 Å². The van der Waals surface area contributed by atoms with Gasteiger partial charge in [-0.1, -0.05) is 36.3 Å². The van der Waals surface area contributed by atoms with E-state index in [0.29, 0.717) is 11.2 Å². The molecule has 2 heteroatoms. The number of fused-ring (bicyclic) bond motifs is 5. The van der Waals surface area contributed by atoms with Crippen molar-refractivity contribution >= 4 is 17.5 Å². The zero-order valence-corrected chi connectivity index (χ0v) is 16.0. The summed E-state index contributed by atoms with van der Waals surface area (Å²) in [6.45, 7) is 6.88. The second-order valence-electron chi connectivity index (χ2n) is 8.64. The third-order valence-corrected chi connectivity index (χ3v) is 8.39. The smallest absolute Gasteiger partial charge is 0.155 e. The van der Waals surface area contributed by atoms with Crippen LogP contribution in [0.2, 0.25) is 0 Å². The summed E-state index contributed by atoms with van der Waals surface area (Å²) >= 11 is 1.95. The van der Waals surface area contributed by atoms with E-state index in [9.17, 15) is 4.79 Å². The highest BCUT2D eigenvalue weighted by atomic mass is 32.2. The van der Waals surface area contributed by atoms with Gasteiger partial charge in [-0.15, -0.1) is 0 Å². The minimum Gasteiger partial charge on any atom is -0.295 e. The molecular formula is C22H30OS. The van der Waals surface area contributed by atoms with E-state index in [0.717, 1.165) is 31.1 Å². The van der Waals surface area contributed by atoms with Gasteiger partial charge in [-0.25, -0.2) is 0 Å². The molecule has 0 aliphatic heterocycles. The fourth-order valence-electron chi connectivity index (χ4n) is 6.29. The SMILES string of the molecule is C=C1CC[C@H]2[C@@H]3CCC4=CC(=O)CC[C@]4(CCSC)C3=CC[C@]12C. The molecule has 2 saturated carbocycles. The van der Waals surface area contributed by atoms with Crippen LogP contribution in [0.4, 0.5) is 0 Å². The van der Waals surface area contributed by atoms with E-state index in [1.807, 2.05) is 17.8 Å². The zero-order chi connectivity index (χ0) is 16.9. The molecule has 4 aliphatic rings. The van der Waals surface area contributed by atoms with Gasteiger partial charge < -0.3 is 0 Å². The summed E-state index contributed by atoms with van der Waals surface area (Å²) in [4.78, 5) is 12.1. The van der Waals surface area contributed by atoms with Gasteiger partial charge in [-0.2, -0.15) is 11.8 Å². The summed E-state index contributed by atoms with van der Waals surface area (Å²) in [6, 6.07) is 0. The fraction of sp³-hybridized carbons (Fsp3) is 0.682. The monoisotopic (exact) mass is 342 g/mol. The molecule has 1 nitrogen and oxygen atoms in total. The first-order valence-electron chi connectivity index (χ1n) is 9.63. The van der Waals surface area contributed by atoms with Gasteiger partial charge in [-0.05, 0) is 80.3 Å². The Labute approximate surface area is 151 Å². The molecule has 0 aromatic rings. The fourth-order valence-corrected chi connectivity index (χ4v) is 6.85. The van der Waals surface area contributed by atoms with Gasteiger partial charge >= 0.3 is 0 Å². The van der Waals surface area contributed by atoms with E-state index in [4.69, 9.17) is 0 Å². The van der Waals surface area contributed by atoms with Crippen molar-refractivity contribution in [3.63, 3.8) is 0 Å². The lowest BCUT2D eigenvalue weighted by Crippen LogP contribution is -2.44. The van der Waals surface area contributed by atoms with Gasteiger partial charge in [0.25, 0.3) is 0 Å². The lowest BCUT2D eigenvalue weighted by molar-refractivity contribution is -0.115. The molecule has 4 atom stereocenters. The van der Waals surface area contributed by atoms with Gasteiger partial charge in [0.2, 0.25) is 0 Å². The van der Waals surface area contributed by atoms with E-state index >= 15 is 0 Å². The van der Waals surface area contributed by atoms with E-state index in [-0.39, 0.29) is 5.41 Å². The maximum Gasteiger partial charge on any atom is 0.155 e. The molecule has 0 aromatic heterocycles. The summed E-state index contributed by atoms with van der Waals surface area (Å²) in [5.74, 6) is 3.08. The van der Waals surface area contributed by atoms with Crippen molar-refractivity contribution in [2.75, 3.05) is 12.0 Å². The maximum absolute atomic E-state index is 12.1. The second-order valence-corrected chi connectivity index (χ2v) is 9.62. The highest BCUT2D eigenvalue weighted by Crippen LogP contribution is 2.65. The minimum absolute atomic E-state index is 0.213. The third-order valence-electron chi connectivity index (χ3n) is 7.77. The van der Waals surface area contributed by atoms with Crippen LogP contribution < -0.4 is 0 Å². The molecule has 0 amide bonds. The molecule has 4 rings (SSSR count). The molecule has 24 heavy (non-hydrogen) atoms. The van der Waals surface area contributed by atoms with Crippen LogP contribution in [0.15, 0.2) is 35.5 Å². The Hall–Kier alpha value is -0.760. The molecule has 0 unspecified atom stereocenters. The lowest BCUT2D eigenvalue weighted by atomic mass is 9.50. The number of rotatable bonds is 3. The first-order valence-corrected chi connectivity index (χ1v) is 11.0. The summed E-state index contributed by atoms with van der Waals surface area (Å²) < 4.78 is 0. The predicted octanol–water partition coefficient (Wildman–Crippen LogP) is 5.73. The molecule has 0 bridgehead atoms. The number of ketones is 1. The largest absolute Gasteiger partial charge is 0.295 e. The normalized spacial score (nSPS) is 41.2. The molecule has 0 spiro atoms. The van der Waals surface area contributed by atoms with Crippen LogP contribution in [0.25, 0.3) is 0 Å². The Morgan fingerprint density at radius 1 is 1.29 bits per heavy atom. The van der Waals surface area contributed by atoms with E-state index in [1.54, 1.807) is 5.57 Å². The van der Waals surface area contributed by atoms with E-state index < -0.39 is 0 Å². The van der Waals surface area contributed by atoms with Crippen molar-refractivity contribution in [2.45, 2.75) is 58.3 Å². The van der Waals surface area contributed by atoms with Crippen LogP contribution in [-0.4, -0.2) is 17.8 Å². The Bertz CT molecular complexity index is 642. The molecule has 0 radical (unpaired) electrons. The molecule has 0 heterocycles. The first-order chi connectivity index (χ1) is 11.5. The van der Waals surface area contributed by atoms with Gasteiger partial charge in [-0.3, -0.25) is 4.79 Å². The maximum atomic E-state index is 12.1. The van der Waals surface area contributed by atoms with Crippen LogP contribution in [0.1, 0.15) is 58.3 Å². The van der Waals surface area contributed by atoms with Crippen LogP contribution in [-0.2, 0) is 4.79 Å². The van der Waals surface area contributed by atoms with Crippen LogP contribution in [0, 0.1) is 22.7 Å². The average Bonchev–Trinajstić information content (AvgIpc) is 2.88. The number of thioether (sulfide) groups is 1. The van der Waals surface area contributed by atoms with Crippen molar-refractivity contribution in [3.05, 3.63) is 35.5 Å². The van der Waals surface area contributed by atoms with Crippen molar-refractivity contribution in [2.24, 2.45) is 22.7 Å². The molecule has 0 aromatic carbocycles. The van der Waals surface area contributed by atoms with Crippen molar-refractivity contribution in [1.29, 1.82) is 0 Å². The minimum atomic E-state index is 0.213. The Kier molecular flexibility index (Phi) is 4.10. The highest BCUT2D eigenvalue weighted by Gasteiger charge is 2.54. The first kappa shape index (κ1) is 16.7. The van der Waals surface area contributed by atoms with Gasteiger partial charge in [0, 0.05) is 11.8 Å². The van der Waals surface area contributed by atoms with Crippen LogP contribution in [0.3, 0.4) is 0 Å². The van der Waals surface area contributed by atoms with Crippen LogP contribution >= 0.6 is 11.8 Å². The summed E-state index contributed by atoms with van der Waals surface area (Å²) in [5, 5.41) is 0. The lowest BCUT2D eigenvalue weighted by Gasteiger charge is -2.54. The van der Waals surface area contributed by atoms with Gasteiger partial charge in [0.1, 0.15) is 0 Å². The molecule has 0 N–H and O–H groups in total. The molecule has 4 aliphatic carbocycles. The van der Waals surface area contributed by atoms with E-state index in [2.05, 4.69) is 25.8 Å². The average molecular weight is 343 g/mol. The summed E-state index contributed by atoms with van der Waals surface area (Å²) in [7, 11) is 0. The number of carbonyl (C=O) groups excluding carboxylic acids is 1. The van der Waals surface area contributed by atoms with Crippen LogP contribution in [0.5, 0.6) is 0 Å². The van der Waals surface area contributed by atoms with Crippen molar-refractivity contribution in [1.82, 2.24) is 0 Å². The number of hydrogen-bond donors (Lipinski definition) is 0. The Morgan fingerprint density at radius 3 is 2.92 bits per heavy atom. The number of hydrogen-bond acceptors (Lipinski definition) is 2. The molecule has 130 valence electrons. The zero-order valence-electron chi connectivity index (χ0n) is 15.2. The molecule has 2 fully saturated rings. The van der Waals surface area contributed by atoms with Crippen molar-refractivity contribution < 1.29 is 4.79 Å². The highest BCUT2D eigenvalue weighted by molar-refractivity contribution is 7.98. The predicted molar refractivity (Wildman–Crippen MR) is 103 cm³/mol. The Balaban J connectivity index is 1.77. The quantitative estimate of drug-likeness (QED) is 0.609. The number of carbonyl (C=O) groups is 1. The van der Waals surface area contributed by atoms with Gasteiger partial charge in [0.15, 0.2) is 5.78 Å². The summed E-state index contributed by atoms with van der Waals surface area (Å²) in [5.41, 5.74) is 5.22. The Morgan fingerprint density at radius 2 is 2.12 bits per heavy atom. The summed E-state index contributed by atoms with van der Waals surface area (Å²) in [6.07, 6.45) is 16.0. The second kappa shape index (κ2) is 5.90. The van der Waals surface area contributed by atoms with E-state index in [1.165, 1.54) is 49.0 Å². The standard InChI is InChI=1S/C22H30OS/c1-15-4-7-19-18-6-5-16-14-17(23)8-11-22(16,12-13-24-3)20(18)9-10-21(15,19)2/h9,14,18-19H,1,4-8,10-13H2,2-3H3/t18-,19-,21+,22+/m0/s1. The molecule has 0 saturated heterocycles. The topological polar surface area (TPSA) is 17.1 Å². The van der Waals surface area contributed by atoms with Crippen molar-refractivity contribution in [3.8, 4) is 0 Å².